The van der Waals surface area contributed by atoms with Gasteiger partial charge in [-0.3, -0.25) is 0 Å². The number of nitrogens with zero attached hydrogens (tertiary/aromatic N) is 3. The maximum atomic E-state index is 13.2. The molecular formula is C9H3BF2KN3. The maximum absolute atomic E-state index is 13.2. The molecule has 1 aromatic carbocycles. The van der Waals surface area contributed by atoms with Gasteiger partial charge in [0.25, 0.3) is 0 Å². The third kappa shape index (κ3) is 2.49. The Morgan fingerprint density at radius 1 is 1.00 bits per heavy atom. The molecule has 0 spiro atoms. The van der Waals surface area contributed by atoms with Crippen molar-refractivity contribution < 1.29 is 60.2 Å². The second-order valence-electron chi connectivity index (χ2n) is 2.90. The zero-order chi connectivity index (χ0) is 11.5. The summed E-state index contributed by atoms with van der Waals surface area (Å²) in [4.78, 5) is 0. The Kier molecular flexibility index (Phi) is 5.82. The van der Waals surface area contributed by atoms with E-state index < -0.39 is 23.2 Å². The van der Waals surface area contributed by atoms with Crippen LogP contribution in [0.1, 0.15) is 0 Å². The average Bonchev–Trinajstić information content (AvgIpc) is 2.27. The molecule has 0 bridgehead atoms. The Morgan fingerprint density at radius 3 is 1.94 bits per heavy atom. The molecule has 0 fully saturated rings. The second kappa shape index (κ2) is 6.10. The first-order valence-electron chi connectivity index (χ1n) is 3.95. The summed E-state index contributed by atoms with van der Waals surface area (Å²) in [7, 11) is 0. The molecule has 0 aliphatic heterocycles. The van der Waals surface area contributed by atoms with Gasteiger partial charge in [-0.2, -0.15) is 0 Å². The van der Waals surface area contributed by atoms with Crippen LogP contribution in [0.2, 0.25) is 0 Å². The molecule has 0 radical (unpaired) electrons. The van der Waals surface area contributed by atoms with Gasteiger partial charge in [0.05, 0.1) is 0 Å². The summed E-state index contributed by atoms with van der Waals surface area (Å²) in [6, 6.07) is 3.07. The van der Waals surface area contributed by atoms with Crippen LogP contribution >= 0.6 is 0 Å². The fourth-order valence-corrected chi connectivity index (χ4v) is 1.15. The van der Waals surface area contributed by atoms with E-state index in [9.17, 15) is 8.78 Å². The van der Waals surface area contributed by atoms with E-state index in [0.717, 1.165) is 18.2 Å². The van der Waals surface area contributed by atoms with Gasteiger partial charge < -0.3 is 0 Å². The van der Waals surface area contributed by atoms with Crippen LogP contribution in [0.3, 0.4) is 0 Å². The maximum Gasteiger partial charge on any atom is 1.00 e. The van der Waals surface area contributed by atoms with Crippen LogP contribution in [0.15, 0.2) is 18.2 Å². The SMILES string of the molecule is N#C[B-](C#N)(C#N)c1cccc(F)c1F.[K+]. The average molecular weight is 241 g/mol. The third-order valence-electron chi connectivity index (χ3n) is 2.03. The monoisotopic (exact) mass is 241 g/mol. The molecule has 16 heavy (non-hydrogen) atoms. The van der Waals surface area contributed by atoms with Gasteiger partial charge in [0.1, 0.15) is 5.82 Å². The molecule has 0 atom stereocenters. The van der Waals surface area contributed by atoms with Crippen molar-refractivity contribution in [1.82, 2.24) is 0 Å². The van der Waals surface area contributed by atoms with Gasteiger partial charge in [-0.15, -0.1) is 23.4 Å². The van der Waals surface area contributed by atoms with Crippen molar-refractivity contribution in [2.45, 2.75) is 0 Å². The first-order chi connectivity index (χ1) is 7.11. The largest absolute Gasteiger partial charge is 1.00 e. The van der Waals surface area contributed by atoms with Gasteiger partial charge in [0, 0.05) is 0 Å². The van der Waals surface area contributed by atoms with E-state index in [2.05, 4.69) is 0 Å². The van der Waals surface area contributed by atoms with E-state index in [1.165, 1.54) is 17.9 Å². The molecule has 0 saturated heterocycles. The zero-order valence-corrected chi connectivity index (χ0v) is 11.5. The summed E-state index contributed by atoms with van der Waals surface area (Å²) in [5.74, 6) is 1.80. The molecule has 0 N–H and O–H groups in total. The van der Waals surface area contributed by atoms with Crippen LogP contribution < -0.4 is 56.8 Å². The molecule has 0 unspecified atom stereocenters. The first kappa shape index (κ1) is 15.3. The van der Waals surface area contributed by atoms with E-state index in [-0.39, 0.29) is 51.4 Å². The third-order valence-corrected chi connectivity index (χ3v) is 2.03. The number of hydrogen-bond donors (Lipinski definition) is 0. The number of rotatable bonds is 1. The summed E-state index contributed by atoms with van der Waals surface area (Å²) >= 11 is 0. The molecule has 0 heterocycles. The molecule has 0 saturated carbocycles. The number of hydrogen-bond acceptors (Lipinski definition) is 3. The molecule has 72 valence electrons. The van der Waals surface area contributed by atoms with Crippen molar-refractivity contribution in [3.63, 3.8) is 0 Å². The number of benzene rings is 1. The van der Waals surface area contributed by atoms with Crippen molar-refractivity contribution >= 4 is 11.6 Å². The smallest absolute Gasteiger partial charge is 0.246 e. The summed E-state index contributed by atoms with van der Waals surface area (Å²) in [5.41, 5.74) is -0.498. The fourth-order valence-electron chi connectivity index (χ4n) is 1.15. The van der Waals surface area contributed by atoms with Crippen LogP contribution in [-0.2, 0) is 0 Å². The molecule has 0 aliphatic carbocycles. The Bertz CT molecular complexity index is 491. The minimum Gasteiger partial charge on any atom is -0.246 e. The van der Waals surface area contributed by atoms with Crippen LogP contribution in [0.25, 0.3) is 0 Å². The van der Waals surface area contributed by atoms with E-state index in [0.29, 0.717) is 0 Å². The minimum absolute atomic E-state index is 0. The number of nitriles is 3. The Labute approximate surface area is 134 Å². The normalized spacial score (nSPS) is 9.19. The van der Waals surface area contributed by atoms with Gasteiger partial charge >= 0.3 is 57.5 Å². The van der Waals surface area contributed by atoms with Crippen molar-refractivity contribution in [2.75, 3.05) is 0 Å². The van der Waals surface area contributed by atoms with Crippen LogP contribution in [-0.4, -0.2) is 6.15 Å². The molecule has 1 rings (SSSR count). The molecular weight excluding hydrogens is 238 g/mol. The molecule has 0 aromatic heterocycles. The molecule has 7 heteroatoms. The first-order valence-corrected chi connectivity index (χ1v) is 3.95. The van der Waals surface area contributed by atoms with Crippen LogP contribution in [0.4, 0.5) is 8.78 Å². The summed E-state index contributed by atoms with van der Waals surface area (Å²) < 4.78 is 26.1. The van der Waals surface area contributed by atoms with Gasteiger partial charge in [-0.05, 0) is 6.07 Å². The van der Waals surface area contributed by atoms with Gasteiger partial charge in [0.15, 0.2) is 5.82 Å². The zero-order valence-electron chi connectivity index (χ0n) is 8.41. The minimum atomic E-state index is -3.01. The topological polar surface area (TPSA) is 71.4 Å². The Morgan fingerprint density at radius 2 is 1.50 bits per heavy atom. The molecule has 0 amide bonds. The Hall–Kier alpha value is -0.749. The molecule has 1 aromatic rings. The summed E-state index contributed by atoms with van der Waals surface area (Å²) in [5, 5.41) is 26.1. The van der Waals surface area contributed by atoms with E-state index in [1.807, 2.05) is 0 Å². The fraction of sp³-hybridized carbons (Fsp3) is 0. The van der Waals surface area contributed by atoms with Gasteiger partial charge in [-0.25, -0.2) is 24.6 Å². The Balaban J connectivity index is 0.00000225. The van der Waals surface area contributed by atoms with Crippen LogP contribution in [0.5, 0.6) is 0 Å². The molecule has 3 nitrogen and oxygen atoms in total. The quantitative estimate of drug-likeness (QED) is 0.524. The molecule has 0 aliphatic rings. The standard InChI is InChI=1S/C9H3BF2N3.K/c11-8-3-1-2-7(9(8)12)10(4-13,5-14)6-15;/h1-3H;/q-1;+1. The van der Waals surface area contributed by atoms with Crippen molar-refractivity contribution in [3.8, 4) is 17.9 Å². The summed E-state index contributed by atoms with van der Waals surface area (Å²) in [6.45, 7) is 0. The van der Waals surface area contributed by atoms with Crippen LogP contribution in [0, 0.1) is 45.3 Å². The van der Waals surface area contributed by atoms with Gasteiger partial charge in [-0.1, -0.05) is 12.1 Å². The predicted molar refractivity (Wildman–Crippen MR) is 48.6 cm³/mol. The van der Waals surface area contributed by atoms with Crippen molar-refractivity contribution in [3.05, 3.63) is 29.8 Å². The second-order valence-corrected chi connectivity index (χ2v) is 2.90. The van der Waals surface area contributed by atoms with Crippen molar-refractivity contribution in [2.24, 2.45) is 0 Å². The van der Waals surface area contributed by atoms with E-state index in [1.54, 1.807) is 0 Å². The van der Waals surface area contributed by atoms with E-state index in [4.69, 9.17) is 15.8 Å². The predicted octanol–water partition coefficient (Wildman–Crippen LogP) is -2.19. The van der Waals surface area contributed by atoms with Crippen molar-refractivity contribution in [1.29, 1.82) is 15.8 Å². The van der Waals surface area contributed by atoms with E-state index >= 15 is 0 Å². The van der Waals surface area contributed by atoms with Gasteiger partial charge in [0.2, 0.25) is 0 Å². The number of halogens is 2. The summed E-state index contributed by atoms with van der Waals surface area (Å²) in [6.07, 6.45) is -3.01.